The predicted octanol–water partition coefficient (Wildman–Crippen LogP) is 3.24. The van der Waals surface area contributed by atoms with E-state index in [9.17, 15) is 9.59 Å². The summed E-state index contributed by atoms with van der Waals surface area (Å²) in [7, 11) is 0. The van der Waals surface area contributed by atoms with Gasteiger partial charge in [-0.2, -0.15) is 0 Å². The number of carbonyl (C=O) groups excluding carboxylic acids is 2. The van der Waals surface area contributed by atoms with Crippen LogP contribution >= 0.6 is 11.3 Å². The van der Waals surface area contributed by atoms with Crippen molar-refractivity contribution >= 4 is 23.0 Å². The van der Waals surface area contributed by atoms with Gasteiger partial charge in [0, 0.05) is 12.1 Å². The Morgan fingerprint density at radius 3 is 2.60 bits per heavy atom. The molecule has 0 bridgehead atoms. The monoisotopic (exact) mass is 285 g/mol. The third kappa shape index (κ3) is 2.39. The van der Waals surface area contributed by atoms with Crippen molar-refractivity contribution in [3.05, 3.63) is 58.3 Å². The fourth-order valence-corrected chi connectivity index (χ4v) is 3.30. The number of nitrogens with zero attached hydrogens (tertiary/aromatic N) is 1. The molecule has 3 rings (SSSR count). The van der Waals surface area contributed by atoms with Gasteiger partial charge in [0.25, 0.3) is 5.91 Å². The molecule has 4 heteroatoms. The molecule has 1 unspecified atom stereocenters. The van der Waals surface area contributed by atoms with E-state index in [1.165, 1.54) is 11.3 Å². The summed E-state index contributed by atoms with van der Waals surface area (Å²) in [6.07, 6.45) is 1.64. The predicted molar refractivity (Wildman–Crippen MR) is 79.2 cm³/mol. The van der Waals surface area contributed by atoms with Gasteiger partial charge in [0.15, 0.2) is 5.78 Å². The highest BCUT2D eigenvalue weighted by molar-refractivity contribution is 7.12. The smallest absolute Gasteiger partial charge is 0.264 e. The van der Waals surface area contributed by atoms with Crippen molar-refractivity contribution in [2.24, 2.45) is 0 Å². The van der Waals surface area contributed by atoms with Crippen molar-refractivity contribution in [2.75, 3.05) is 6.54 Å². The molecule has 1 aliphatic heterocycles. The Morgan fingerprint density at radius 1 is 1.10 bits per heavy atom. The third-order valence-corrected chi connectivity index (χ3v) is 4.46. The van der Waals surface area contributed by atoms with E-state index in [1.54, 1.807) is 4.90 Å². The van der Waals surface area contributed by atoms with E-state index in [-0.39, 0.29) is 17.7 Å². The van der Waals surface area contributed by atoms with Crippen molar-refractivity contribution in [1.82, 2.24) is 4.90 Å². The van der Waals surface area contributed by atoms with Gasteiger partial charge in [-0.1, -0.05) is 36.4 Å². The summed E-state index contributed by atoms with van der Waals surface area (Å²) in [5.74, 6) is 0.0276. The highest BCUT2D eigenvalue weighted by atomic mass is 32.1. The van der Waals surface area contributed by atoms with Gasteiger partial charge in [-0.15, -0.1) is 11.3 Å². The van der Waals surface area contributed by atoms with E-state index >= 15 is 0 Å². The molecule has 0 saturated carbocycles. The fourth-order valence-electron chi connectivity index (χ4n) is 2.62. The van der Waals surface area contributed by atoms with Crippen LogP contribution in [0, 0.1) is 0 Å². The zero-order valence-corrected chi connectivity index (χ0v) is 11.8. The van der Waals surface area contributed by atoms with Crippen LogP contribution in [0.5, 0.6) is 0 Å². The molecule has 0 spiro atoms. The molecule has 0 N–H and O–H groups in total. The van der Waals surface area contributed by atoms with Crippen molar-refractivity contribution in [1.29, 1.82) is 0 Å². The number of likely N-dealkylation sites (tertiary alicyclic amines) is 1. The van der Waals surface area contributed by atoms with Crippen LogP contribution < -0.4 is 0 Å². The van der Waals surface area contributed by atoms with Crippen LogP contribution in [0.25, 0.3) is 0 Å². The first-order chi connectivity index (χ1) is 9.77. The molecule has 0 aliphatic carbocycles. The highest BCUT2D eigenvalue weighted by Gasteiger charge is 2.35. The van der Waals surface area contributed by atoms with E-state index in [4.69, 9.17) is 0 Å². The lowest BCUT2D eigenvalue weighted by molar-refractivity contribution is 0.0675. The zero-order chi connectivity index (χ0) is 13.9. The number of ketones is 1. The van der Waals surface area contributed by atoms with Crippen LogP contribution in [0.4, 0.5) is 0 Å². The van der Waals surface area contributed by atoms with Crippen molar-refractivity contribution in [3.8, 4) is 0 Å². The summed E-state index contributed by atoms with van der Waals surface area (Å²) in [6, 6.07) is 12.6. The molecule has 1 atom stereocenters. The number of hydrogen-bond acceptors (Lipinski definition) is 3. The number of thiophene rings is 1. The first-order valence-corrected chi connectivity index (χ1v) is 7.59. The molecular formula is C16H15NO2S. The number of benzene rings is 1. The summed E-state index contributed by atoms with van der Waals surface area (Å²) in [6.45, 7) is 0.667. The molecule has 2 aromatic rings. The molecule has 102 valence electrons. The lowest BCUT2D eigenvalue weighted by Gasteiger charge is -2.23. The van der Waals surface area contributed by atoms with E-state index in [0.717, 1.165) is 12.8 Å². The van der Waals surface area contributed by atoms with Crippen molar-refractivity contribution in [3.63, 3.8) is 0 Å². The molecule has 1 amide bonds. The zero-order valence-electron chi connectivity index (χ0n) is 11.0. The minimum Gasteiger partial charge on any atom is -0.328 e. The van der Waals surface area contributed by atoms with Crippen LogP contribution in [0.1, 0.15) is 32.9 Å². The highest BCUT2D eigenvalue weighted by Crippen LogP contribution is 2.24. The normalized spacial score (nSPS) is 18.2. The van der Waals surface area contributed by atoms with Gasteiger partial charge in [0.2, 0.25) is 0 Å². The van der Waals surface area contributed by atoms with Crippen molar-refractivity contribution in [2.45, 2.75) is 18.9 Å². The summed E-state index contributed by atoms with van der Waals surface area (Å²) < 4.78 is 0. The van der Waals surface area contributed by atoms with E-state index in [2.05, 4.69) is 0 Å². The van der Waals surface area contributed by atoms with Gasteiger partial charge in [-0.05, 0) is 24.3 Å². The van der Waals surface area contributed by atoms with Crippen LogP contribution in [0.15, 0.2) is 47.8 Å². The first-order valence-electron chi connectivity index (χ1n) is 6.71. The Kier molecular flexibility index (Phi) is 3.65. The molecule has 20 heavy (non-hydrogen) atoms. The number of amides is 1. The summed E-state index contributed by atoms with van der Waals surface area (Å²) in [4.78, 5) is 27.4. The van der Waals surface area contributed by atoms with Crippen LogP contribution in [-0.4, -0.2) is 29.2 Å². The molecular weight excluding hydrogens is 270 g/mol. The van der Waals surface area contributed by atoms with E-state index in [0.29, 0.717) is 17.0 Å². The minimum atomic E-state index is -0.313. The Balaban J connectivity index is 1.83. The summed E-state index contributed by atoms with van der Waals surface area (Å²) in [5, 5.41) is 1.89. The maximum Gasteiger partial charge on any atom is 0.264 e. The van der Waals surface area contributed by atoms with Crippen molar-refractivity contribution < 1.29 is 9.59 Å². The quantitative estimate of drug-likeness (QED) is 0.812. The lowest BCUT2D eigenvalue weighted by Crippen LogP contribution is -2.40. The van der Waals surface area contributed by atoms with Gasteiger partial charge >= 0.3 is 0 Å². The maximum atomic E-state index is 12.5. The van der Waals surface area contributed by atoms with Crippen LogP contribution in [0.2, 0.25) is 0 Å². The Morgan fingerprint density at radius 2 is 1.90 bits per heavy atom. The van der Waals surface area contributed by atoms with Gasteiger partial charge in [0.05, 0.1) is 10.9 Å². The van der Waals surface area contributed by atoms with Gasteiger partial charge in [0.1, 0.15) is 0 Å². The standard InChI is InChI=1S/C16H15NO2S/c18-15(12-6-2-1-3-7-12)13-8-4-10-17(13)16(19)14-9-5-11-20-14/h1-3,5-7,9,11,13H,4,8,10H2. The second kappa shape index (κ2) is 5.59. The lowest BCUT2D eigenvalue weighted by atomic mass is 10.0. The second-order valence-corrected chi connectivity index (χ2v) is 5.81. The average Bonchev–Trinajstić information content (AvgIpc) is 3.18. The van der Waals surface area contributed by atoms with Crippen LogP contribution in [0.3, 0.4) is 0 Å². The largest absolute Gasteiger partial charge is 0.328 e. The summed E-state index contributed by atoms with van der Waals surface area (Å²) in [5.41, 5.74) is 0.684. The molecule has 1 fully saturated rings. The molecule has 0 radical (unpaired) electrons. The minimum absolute atomic E-state index is 0.0215. The average molecular weight is 285 g/mol. The maximum absolute atomic E-state index is 12.5. The molecule has 1 aromatic heterocycles. The molecule has 1 saturated heterocycles. The number of Topliss-reactive ketones (excluding diaryl/α,β-unsaturated/α-hetero) is 1. The molecule has 1 aromatic carbocycles. The third-order valence-electron chi connectivity index (χ3n) is 3.61. The van der Waals surface area contributed by atoms with Gasteiger partial charge < -0.3 is 4.90 Å². The Labute approximate surface area is 121 Å². The second-order valence-electron chi connectivity index (χ2n) is 4.86. The Hall–Kier alpha value is -1.94. The first kappa shape index (κ1) is 13.1. The number of rotatable bonds is 3. The van der Waals surface area contributed by atoms with Crippen LogP contribution in [-0.2, 0) is 0 Å². The summed E-state index contributed by atoms with van der Waals surface area (Å²) >= 11 is 1.42. The van der Waals surface area contributed by atoms with E-state index in [1.807, 2.05) is 47.8 Å². The van der Waals surface area contributed by atoms with Gasteiger partial charge in [-0.25, -0.2) is 0 Å². The molecule has 2 heterocycles. The number of hydrogen-bond donors (Lipinski definition) is 0. The molecule has 1 aliphatic rings. The topological polar surface area (TPSA) is 37.4 Å². The Bertz CT molecular complexity index is 607. The van der Waals surface area contributed by atoms with E-state index < -0.39 is 0 Å². The fraction of sp³-hybridized carbons (Fsp3) is 0.250. The van der Waals surface area contributed by atoms with Gasteiger partial charge in [-0.3, -0.25) is 9.59 Å². The SMILES string of the molecule is O=C(c1ccccc1)C1CCCN1C(=O)c1cccs1. The molecule has 3 nitrogen and oxygen atoms in total. The number of carbonyl (C=O) groups is 2.